The summed E-state index contributed by atoms with van der Waals surface area (Å²) in [6.07, 6.45) is 17.1. The maximum atomic E-state index is 11.6. The Morgan fingerprint density at radius 1 is 0.857 bits per heavy atom. The highest BCUT2D eigenvalue weighted by Gasteiger charge is 2.54. The Hall–Kier alpha value is -0.570. The third-order valence-corrected chi connectivity index (χ3v) is 5.72. The van der Waals surface area contributed by atoms with Gasteiger partial charge in [0.05, 0.1) is 5.92 Å². The van der Waals surface area contributed by atoms with Crippen LogP contribution in [0, 0.1) is 11.8 Å². The normalized spacial score (nSPS) is 36.6. The highest BCUT2D eigenvalue weighted by molar-refractivity contribution is 5.73. The molecule has 0 amide bonds. The molecule has 0 spiro atoms. The van der Waals surface area contributed by atoms with Gasteiger partial charge in [0, 0.05) is 5.54 Å². The maximum Gasteiger partial charge on any atom is 0.308 e. The molecule has 0 aliphatic heterocycles. The quantitative estimate of drug-likeness (QED) is 0.749. The molecule has 3 atom stereocenters. The van der Waals surface area contributed by atoms with E-state index in [2.05, 4.69) is 0 Å². The standard InChI is InChI=1S/C18H33NO2/c19-18-13-11-9-7-5-3-1-2-4-6-8-10-12-15(14-18)16(18)17(20)21/h15-16H,1-14,19H2,(H,20,21)/t15?,16-,18-/m0/s1. The van der Waals surface area contributed by atoms with Crippen LogP contribution in [0.25, 0.3) is 0 Å². The van der Waals surface area contributed by atoms with Crippen LogP contribution in [0.2, 0.25) is 0 Å². The highest BCUT2D eigenvalue weighted by Crippen LogP contribution is 2.48. The van der Waals surface area contributed by atoms with Crippen LogP contribution in [0.4, 0.5) is 0 Å². The molecule has 21 heavy (non-hydrogen) atoms. The van der Waals surface area contributed by atoms with Crippen molar-refractivity contribution in [2.75, 3.05) is 0 Å². The minimum absolute atomic E-state index is 0.287. The molecule has 1 unspecified atom stereocenters. The first-order valence-electron chi connectivity index (χ1n) is 9.15. The first-order chi connectivity index (χ1) is 10.1. The molecular weight excluding hydrogens is 262 g/mol. The molecular formula is C18H33NO2. The van der Waals surface area contributed by atoms with Crippen molar-refractivity contribution in [2.24, 2.45) is 17.6 Å². The maximum absolute atomic E-state index is 11.6. The van der Waals surface area contributed by atoms with Crippen LogP contribution in [0.5, 0.6) is 0 Å². The Kier molecular flexibility index (Phi) is 6.53. The summed E-state index contributed by atoms with van der Waals surface area (Å²) in [7, 11) is 0. The molecule has 3 fully saturated rings. The van der Waals surface area contributed by atoms with Crippen molar-refractivity contribution in [3.8, 4) is 0 Å². The Balaban J connectivity index is 1.86. The topological polar surface area (TPSA) is 63.3 Å². The van der Waals surface area contributed by atoms with Gasteiger partial charge in [-0.05, 0) is 25.2 Å². The smallest absolute Gasteiger partial charge is 0.308 e. The molecule has 0 radical (unpaired) electrons. The SMILES string of the molecule is N[C@@]12CCCCCCCCCCCCCC(C1)[C@H]2C(=O)O. The summed E-state index contributed by atoms with van der Waals surface area (Å²) < 4.78 is 0. The van der Waals surface area contributed by atoms with Gasteiger partial charge in [-0.15, -0.1) is 0 Å². The number of carboxylic acids is 1. The Morgan fingerprint density at radius 2 is 1.33 bits per heavy atom. The number of aliphatic carboxylic acids is 1. The van der Waals surface area contributed by atoms with Crippen molar-refractivity contribution in [2.45, 2.75) is 95.4 Å². The van der Waals surface area contributed by atoms with Gasteiger partial charge in [-0.1, -0.05) is 70.6 Å². The molecule has 0 aromatic carbocycles. The summed E-state index contributed by atoms with van der Waals surface area (Å²) in [5.74, 6) is -0.610. The average Bonchev–Trinajstić information content (AvgIpc) is 2.40. The molecule has 0 heterocycles. The fraction of sp³-hybridized carbons (Fsp3) is 0.944. The molecule has 0 saturated heterocycles. The van der Waals surface area contributed by atoms with E-state index < -0.39 is 11.5 Å². The Bertz CT molecular complexity index is 327. The minimum Gasteiger partial charge on any atom is -0.481 e. The number of fused-ring (bicyclic) bond motifs is 12. The monoisotopic (exact) mass is 295 g/mol. The van der Waals surface area contributed by atoms with E-state index >= 15 is 0 Å². The lowest BCUT2D eigenvalue weighted by molar-refractivity contribution is -0.155. The van der Waals surface area contributed by atoms with Gasteiger partial charge in [-0.2, -0.15) is 0 Å². The van der Waals surface area contributed by atoms with Crippen LogP contribution in [0.3, 0.4) is 0 Å². The van der Waals surface area contributed by atoms with E-state index in [0.717, 1.165) is 25.7 Å². The highest BCUT2D eigenvalue weighted by atomic mass is 16.4. The fourth-order valence-electron chi connectivity index (χ4n) is 4.47. The molecule has 3 nitrogen and oxygen atoms in total. The van der Waals surface area contributed by atoms with Crippen molar-refractivity contribution in [3.05, 3.63) is 0 Å². The lowest BCUT2D eigenvalue weighted by atomic mass is 9.56. The summed E-state index contributed by atoms with van der Waals surface area (Å²) in [5, 5.41) is 9.51. The van der Waals surface area contributed by atoms with Crippen LogP contribution in [0.15, 0.2) is 0 Å². The van der Waals surface area contributed by atoms with Crippen molar-refractivity contribution in [1.29, 1.82) is 0 Å². The number of hydrogen-bond acceptors (Lipinski definition) is 2. The van der Waals surface area contributed by atoms with E-state index in [-0.39, 0.29) is 5.92 Å². The second-order valence-electron chi connectivity index (χ2n) is 7.44. The molecule has 3 aliphatic carbocycles. The van der Waals surface area contributed by atoms with Crippen LogP contribution in [-0.4, -0.2) is 16.6 Å². The van der Waals surface area contributed by atoms with Crippen LogP contribution in [0.1, 0.15) is 89.9 Å². The second kappa shape index (κ2) is 8.17. The number of hydrogen-bond donors (Lipinski definition) is 2. The number of carbonyl (C=O) groups is 1. The van der Waals surface area contributed by atoms with E-state index in [9.17, 15) is 9.90 Å². The summed E-state index contributed by atoms with van der Waals surface area (Å²) >= 11 is 0. The molecule has 3 heteroatoms. The summed E-state index contributed by atoms with van der Waals surface area (Å²) in [6.45, 7) is 0. The van der Waals surface area contributed by atoms with Crippen LogP contribution >= 0.6 is 0 Å². The van der Waals surface area contributed by atoms with Gasteiger partial charge in [-0.3, -0.25) is 4.79 Å². The van der Waals surface area contributed by atoms with Crippen molar-refractivity contribution in [3.63, 3.8) is 0 Å². The van der Waals surface area contributed by atoms with E-state index in [1.165, 1.54) is 64.2 Å². The molecule has 3 rings (SSSR count). The van der Waals surface area contributed by atoms with Crippen LogP contribution in [-0.2, 0) is 4.79 Å². The predicted molar refractivity (Wildman–Crippen MR) is 86.2 cm³/mol. The molecule has 3 N–H and O–H groups in total. The summed E-state index contributed by atoms with van der Waals surface area (Å²) in [4.78, 5) is 11.6. The van der Waals surface area contributed by atoms with Crippen molar-refractivity contribution < 1.29 is 9.90 Å². The van der Waals surface area contributed by atoms with E-state index in [0.29, 0.717) is 5.92 Å². The lowest BCUT2D eigenvalue weighted by Gasteiger charge is -2.51. The van der Waals surface area contributed by atoms with Crippen LogP contribution < -0.4 is 5.73 Å². The third-order valence-electron chi connectivity index (χ3n) is 5.72. The number of rotatable bonds is 1. The molecule has 0 aromatic rings. The van der Waals surface area contributed by atoms with E-state index in [1.807, 2.05) is 0 Å². The summed E-state index contributed by atoms with van der Waals surface area (Å²) in [6, 6.07) is 0. The second-order valence-corrected chi connectivity index (χ2v) is 7.44. The molecule has 122 valence electrons. The minimum atomic E-state index is -0.658. The fourth-order valence-corrected chi connectivity index (χ4v) is 4.47. The Labute approximate surface area is 129 Å². The van der Waals surface area contributed by atoms with Gasteiger partial charge in [-0.25, -0.2) is 0 Å². The molecule has 3 aliphatic rings. The average molecular weight is 295 g/mol. The zero-order valence-electron chi connectivity index (χ0n) is 13.5. The third kappa shape index (κ3) is 4.70. The number of carboxylic acid groups (broad SMARTS) is 1. The predicted octanol–water partition coefficient (Wildman–Crippen LogP) is 4.49. The van der Waals surface area contributed by atoms with Crippen molar-refractivity contribution >= 4 is 5.97 Å². The Morgan fingerprint density at radius 3 is 1.86 bits per heavy atom. The van der Waals surface area contributed by atoms with Gasteiger partial charge < -0.3 is 10.8 Å². The van der Waals surface area contributed by atoms with Crippen molar-refractivity contribution in [1.82, 2.24) is 0 Å². The molecule has 3 saturated carbocycles. The van der Waals surface area contributed by atoms with Gasteiger partial charge in [0.2, 0.25) is 0 Å². The zero-order valence-corrected chi connectivity index (χ0v) is 13.5. The summed E-state index contributed by atoms with van der Waals surface area (Å²) in [5.41, 5.74) is 6.00. The first-order valence-corrected chi connectivity index (χ1v) is 9.15. The lowest BCUT2D eigenvalue weighted by Crippen LogP contribution is -2.63. The molecule has 2 bridgehead atoms. The first kappa shape index (κ1) is 16.8. The molecule has 0 aromatic heterocycles. The van der Waals surface area contributed by atoms with Gasteiger partial charge in [0.25, 0.3) is 0 Å². The number of nitrogens with two attached hydrogens (primary N) is 1. The van der Waals surface area contributed by atoms with E-state index in [4.69, 9.17) is 5.73 Å². The van der Waals surface area contributed by atoms with Gasteiger partial charge >= 0.3 is 5.97 Å². The zero-order chi connectivity index (χ0) is 15.1. The van der Waals surface area contributed by atoms with E-state index in [1.54, 1.807) is 0 Å². The van der Waals surface area contributed by atoms with Gasteiger partial charge in [0.1, 0.15) is 0 Å². The largest absolute Gasteiger partial charge is 0.481 e. The van der Waals surface area contributed by atoms with Gasteiger partial charge in [0.15, 0.2) is 0 Å².